The van der Waals surface area contributed by atoms with Gasteiger partial charge in [-0.15, -0.1) is 4.57 Å². The van der Waals surface area contributed by atoms with Crippen LogP contribution in [0.4, 0.5) is 0 Å². The molecule has 0 aliphatic heterocycles. The van der Waals surface area contributed by atoms with Gasteiger partial charge < -0.3 is 4.42 Å². The third-order valence-corrected chi connectivity index (χ3v) is 3.80. The van der Waals surface area contributed by atoms with Crippen LogP contribution < -0.4 is 4.57 Å². The number of benzene rings is 2. The molecule has 2 aromatic carbocycles. The molecule has 0 aliphatic rings. The summed E-state index contributed by atoms with van der Waals surface area (Å²) in [6, 6.07) is 11.3. The second kappa shape index (κ2) is 4.98. The van der Waals surface area contributed by atoms with Crippen LogP contribution in [-0.4, -0.2) is 13.0 Å². The predicted molar refractivity (Wildman–Crippen MR) is 80.2 cm³/mol. The summed E-state index contributed by atoms with van der Waals surface area (Å²) in [6.07, 6.45) is 3.42. The minimum atomic E-state index is -4.18. The molecule has 0 saturated heterocycles. The smallest absolute Gasteiger partial charge is 0.374 e. The molecule has 1 heterocycles. The standard InChI is InChI=1S/C15H13NO4S/c1-2-5-14-16(10-21(17,18)19)15-12-7-4-3-6-11(12)8-9-13(15)20-14/h2-9H,10H2,1H3/p+1/b5-2+. The van der Waals surface area contributed by atoms with Crippen molar-refractivity contribution < 1.29 is 22.0 Å². The summed E-state index contributed by atoms with van der Waals surface area (Å²) in [5, 5.41) is 1.85. The van der Waals surface area contributed by atoms with Gasteiger partial charge in [0.05, 0.1) is 5.39 Å². The van der Waals surface area contributed by atoms with Crippen LogP contribution in [0, 0.1) is 0 Å². The molecular weight excluding hydrogens is 290 g/mol. The number of nitrogens with zero attached hydrogens (tertiary/aromatic N) is 1. The SMILES string of the molecule is C/C=C/c1oc2ccc3ccccc3c2[n+]1CS(=O)(=O)O. The topological polar surface area (TPSA) is 71.4 Å². The van der Waals surface area contributed by atoms with E-state index in [1.807, 2.05) is 37.3 Å². The molecule has 0 radical (unpaired) electrons. The first kappa shape index (κ1) is 13.8. The zero-order valence-electron chi connectivity index (χ0n) is 11.4. The highest BCUT2D eigenvalue weighted by atomic mass is 32.2. The third-order valence-electron chi connectivity index (χ3n) is 3.22. The third kappa shape index (κ3) is 2.55. The molecule has 0 spiro atoms. The van der Waals surface area contributed by atoms with Crippen molar-refractivity contribution >= 4 is 38.1 Å². The van der Waals surface area contributed by atoms with E-state index >= 15 is 0 Å². The van der Waals surface area contributed by atoms with E-state index in [2.05, 4.69) is 0 Å². The fourth-order valence-electron chi connectivity index (χ4n) is 2.43. The Labute approximate surface area is 121 Å². The molecule has 0 bridgehead atoms. The van der Waals surface area contributed by atoms with Gasteiger partial charge >= 0.3 is 16.0 Å². The molecule has 6 heteroatoms. The molecule has 21 heavy (non-hydrogen) atoms. The number of fused-ring (bicyclic) bond motifs is 3. The fraction of sp³-hybridized carbons (Fsp3) is 0.133. The van der Waals surface area contributed by atoms with Gasteiger partial charge in [-0.1, -0.05) is 30.3 Å². The number of rotatable bonds is 3. The fourth-order valence-corrected chi connectivity index (χ4v) is 3.01. The van der Waals surface area contributed by atoms with E-state index in [9.17, 15) is 13.0 Å². The molecule has 0 fully saturated rings. The van der Waals surface area contributed by atoms with Gasteiger partial charge in [-0.2, -0.15) is 8.42 Å². The highest BCUT2D eigenvalue weighted by molar-refractivity contribution is 7.84. The van der Waals surface area contributed by atoms with Crippen molar-refractivity contribution in [3.8, 4) is 0 Å². The first-order valence-corrected chi connectivity index (χ1v) is 8.02. The van der Waals surface area contributed by atoms with Crippen LogP contribution in [-0.2, 0) is 16.0 Å². The summed E-state index contributed by atoms with van der Waals surface area (Å²) in [4.78, 5) is 0. The summed E-state index contributed by atoms with van der Waals surface area (Å²) < 4.78 is 39.0. The van der Waals surface area contributed by atoms with Gasteiger partial charge in [-0.3, -0.25) is 4.55 Å². The summed E-state index contributed by atoms with van der Waals surface area (Å²) in [6.45, 7) is 1.81. The minimum Gasteiger partial charge on any atom is -0.398 e. The highest BCUT2D eigenvalue weighted by Crippen LogP contribution is 2.25. The van der Waals surface area contributed by atoms with E-state index in [4.69, 9.17) is 4.42 Å². The Bertz CT molecular complexity index is 954. The molecule has 0 aliphatic carbocycles. The maximum absolute atomic E-state index is 11.3. The Balaban J connectivity index is 2.44. The van der Waals surface area contributed by atoms with Gasteiger partial charge in [0.15, 0.2) is 0 Å². The Morgan fingerprint density at radius 3 is 2.71 bits per heavy atom. The average Bonchev–Trinajstić information content (AvgIpc) is 2.76. The van der Waals surface area contributed by atoms with Crippen LogP contribution in [0.15, 0.2) is 46.9 Å². The lowest BCUT2D eigenvalue weighted by Gasteiger charge is -1.97. The molecule has 1 N–H and O–H groups in total. The number of oxazole rings is 1. The minimum absolute atomic E-state index is 0.376. The van der Waals surface area contributed by atoms with Crippen molar-refractivity contribution in [1.29, 1.82) is 0 Å². The predicted octanol–water partition coefficient (Wildman–Crippen LogP) is 2.75. The number of hydrogen-bond acceptors (Lipinski definition) is 3. The van der Waals surface area contributed by atoms with Crippen LogP contribution in [0.2, 0.25) is 0 Å². The van der Waals surface area contributed by atoms with E-state index in [1.165, 1.54) is 4.57 Å². The average molecular weight is 304 g/mol. The molecule has 108 valence electrons. The summed E-state index contributed by atoms with van der Waals surface area (Å²) >= 11 is 0. The lowest BCUT2D eigenvalue weighted by molar-refractivity contribution is -0.657. The number of allylic oxidation sites excluding steroid dienone is 1. The van der Waals surface area contributed by atoms with Crippen LogP contribution in [0.5, 0.6) is 0 Å². The van der Waals surface area contributed by atoms with E-state index in [-0.39, 0.29) is 0 Å². The van der Waals surface area contributed by atoms with Crippen molar-refractivity contribution in [1.82, 2.24) is 0 Å². The maximum atomic E-state index is 11.3. The van der Waals surface area contributed by atoms with E-state index < -0.39 is 16.0 Å². The quantitative estimate of drug-likeness (QED) is 0.596. The Morgan fingerprint density at radius 1 is 1.24 bits per heavy atom. The zero-order valence-corrected chi connectivity index (χ0v) is 12.2. The second-order valence-electron chi connectivity index (χ2n) is 4.71. The highest BCUT2D eigenvalue weighted by Gasteiger charge is 2.27. The Hall–Kier alpha value is -2.18. The van der Waals surface area contributed by atoms with Crippen molar-refractivity contribution in [3.05, 3.63) is 48.4 Å². The van der Waals surface area contributed by atoms with Crippen LogP contribution >= 0.6 is 0 Å². The van der Waals surface area contributed by atoms with Crippen LogP contribution in [0.1, 0.15) is 12.8 Å². The lowest BCUT2D eigenvalue weighted by atomic mass is 10.1. The Kier molecular flexibility index (Phi) is 3.27. The van der Waals surface area contributed by atoms with Gasteiger partial charge in [0, 0.05) is 6.08 Å². The second-order valence-corrected chi connectivity index (χ2v) is 6.13. The molecular formula is C15H14NO4S+. The Morgan fingerprint density at radius 2 is 2.00 bits per heavy atom. The van der Waals surface area contributed by atoms with E-state index in [1.54, 1.807) is 18.2 Å². The van der Waals surface area contributed by atoms with Gasteiger partial charge in [0.1, 0.15) is 0 Å². The summed E-state index contributed by atoms with van der Waals surface area (Å²) in [5.74, 6) is -0.172. The van der Waals surface area contributed by atoms with Crippen molar-refractivity contribution in [3.63, 3.8) is 0 Å². The van der Waals surface area contributed by atoms with E-state index in [0.29, 0.717) is 17.0 Å². The normalized spacial score (nSPS) is 12.7. The van der Waals surface area contributed by atoms with Crippen molar-refractivity contribution in [2.75, 3.05) is 0 Å². The van der Waals surface area contributed by atoms with Gasteiger partial charge in [-0.05, 0) is 24.4 Å². The first-order chi connectivity index (χ1) is 9.99. The molecule has 3 aromatic rings. The molecule has 0 unspecified atom stereocenters. The van der Waals surface area contributed by atoms with Gasteiger partial charge in [-0.25, -0.2) is 0 Å². The largest absolute Gasteiger partial charge is 0.398 e. The first-order valence-electron chi connectivity index (χ1n) is 6.41. The van der Waals surface area contributed by atoms with Crippen molar-refractivity contribution in [2.24, 2.45) is 0 Å². The molecule has 0 saturated carbocycles. The maximum Gasteiger partial charge on any atom is 0.374 e. The molecule has 3 rings (SSSR count). The van der Waals surface area contributed by atoms with Crippen molar-refractivity contribution in [2.45, 2.75) is 12.8 Å². The number of aromatic nitrogens is 1. The van der Waals surface area contributed by atoms with Gasteiger partial charge in [0.2, 0.25) is 5.58 Å². The van der Waals surface area contributed by atoms with Gasteiger partial charge in [0.25, 0.3) is 11.4 Å². The lowest BCUT2D eigenvalue weighted by Crippen LogP contribution is -2.39. The number of hydrogen-bond donors (Lipinski definition) is 1. The molecule has 0 amide bonds. The monoisotopic (exact) mass is 304 g/mol. The molecule has 5 nitrogen and oxygen atoms in total. The summed E-state index contributed by atoms with van der Waals surface area (Å²) in [5.41, 5.74) is 1.23. The van der Waals surface area contributed by atoms with Crippen LogP contribution in [0.3, 0.4) is 0 Å². The van der Waals surface area contributed by atoms with E-state index in [0.717, 1.165) is 10.8 Å². The van der Waals surface area contributed by atoms with Crippen LogP contribution in [0.25, 0.3) is 27.9 Å². The molecule has 0 atom stereocenters. The summed E-state index contributed by atoms with van der Waals surface area (Å²) in [7, 11) is -4.18. The zero-order chi connectivity index (χ0) is 15.0. The molecule has 1 aromatic heterocycles.